The molecule has 0 aliphatic heterocycles. The predicted octanol–water partition coefficient (Wildman–Crippen LogP) is 2.94. The zero-order chi connectivity index (χ0) is 14.2. The fourth-order valence-electron chi connectivity index (χ4n) is 2.17. The quantitative estimate of drug-likeness (QED) is 0.679. The van der Waals surface area contributed by atoms with Crippen molar-refractivity contribution in [3.8, 4) is 0 Å². The third-order valence-electron chi connectivity index (χ3n) is 3.46. The fraction of sp³-hybridized carbons (Fsp3) is 0.417. The molecule has 0 unspecified atom stereocenters. The van der Waals surface area contributed by atoms with Crippen LogP contribution in [0, 0.1) is 10.1 Å². The molecule has 19 heavy (non-hydrogen) atoms. The molecule has 7 heteroatoms. The van der Waals surface area contributed by atoms with Crippen LogP contribution >= 0.6 is 11.6 Å². The van der Waals surface area contributed by atoms with Gasteiger partial charge in [0, 0.05) is 25.2 Å². The monoisotopic (exact) mass is 284 g/mol. The van der Waals surface area contributed by atoms with Gasteiger partial charge in [0.2, 0.25) is 0 Å². The maximum Gasteiger partial charge on any atom is 0.338 e. The van der Waals surface area contributed by atoms with Gasteiger partial charge < -0.3 is 10.0 Å². The number of hydrogen-bond donors (Lipinski definition) is 1. The topological polar surface area (TPSA) is 83.7 Å². The molecular weight excluding hydrogens is 272 g/mol. The van der Waals surface area contributed by atoms with Crippen molar-refractivity contribution >= 4 is 28.9 Å². The van der Waals surface area contributed by atoms with E-state index < -0.39 is 10.9 Å². The summed E-state index contributed by atoms with van der Waals surface area (Å²) in [6, 6.07) is 2.49. The molecule has 1 aromatic rings. The summed E-state index contributed by atoms with van der Waals surface area (Å²) in [5.41, 5.74) is -0.0915. The van der Waals surface area contributed by atoms with Gasteiger partial charge in [-0.1, -0.05) is 11.6 Å². The van der Waals surface area contributed by atoms with Crippen LogP contribution in [-0.2, 0) is 0 Å². The van der Waals surface area contributed by atoms with E-state index in [0.29, 0.717) is 5.69 Å². The predicted molar refractivity (Wildman–Crippen MR) is 71.1 cm³/mol. The van der Waals surface area contributed by atoms with E-state index in [-0.39, 0.29) is 22.3 Å². The molecule has 1 aliphatic carbocycles. The molecule has 2 rings (SSSR count). The SMILES string of the molecule is CN(c1c(Cl)cc([N+](=O)[O-])cc1C(=O)O)C1CCC1. The average Bonchev–Trinajstić information content (AvgIpc) is 2.24. The molecule has 102 valence electrons. The fourth-order valence-corrected chi connectivity index (χ4v) is 2.52. The van der Waals surface area contributed by atoms with Crippen LogP contribution in [0.2, 0.25) is 5.02 Å². The second-order valence-corrected chi connectivity index (χ2v) is 4.99. The van der Waals surface area contributed by atoms with Gasteiger partial charge in [-0.25, -0.2) is 4.79 Å². The van der Waals surface area contributed by atoms with Gasteiger partial charge in [-0.2, -0.15) is 0 Å². The Hall–Kier alpha value is -1.82. The van der Waals surface area contributed by atoms with Crippen LogP contribution in [0.4, 0.5) is 11.4 Å². The van der Waals surface area contributed by atoms with E-state index in [2.05, 4.69) is 0 Å². The number of carbonyl (C=O) groups is 1. The van der Waals surface area contributed by atoms with Crippen LogP contribution in [0.15, 0.2) is 12.1 Å². The number of aromatic carboxylic acids is 1. The molecule has 0 aromatic heterocycles. The van der Waals surface area contributed by atoms with Gasteiger partial charge in [0.25, 0.3) is 5.69 Å². The van der Waals surface area contributed by atoms with E-state index in [1.165, 1.54) is 6.07 Å². The van der Waals surface area contributed by atoms with Crippen molar-refractivity contribution in [2.75, 3.05) is 11.9 Å². The second-order valence-electron chi connectivity index (χ2n) is 4.58. The number of hydrogen-bond acceptors (Lipinski definition) is 4. The molecule has 6 nitrogen and oxygen atoms in total. The highest BCUT2D eigenvalue weighted by Gasteiger charge is 2.29. The van der Waals surface area contributed by atoms with Gasteiger partial charge in [0.1, 0.15) is 0 Å². The van der Waals surface area contributed by atoms with E-state index in [1.807, 2.05) is 0 Å². The molecule has 1 aliphatic rings. The number of nitrogens with zero attached hydrogens (tertiary/aromatic N) is 2. The Labute approximate surface area is 114 Å². The van der Waals surface area contributed by atoms with Gasteiger partial charge in [-0.05, 0) is 19.3 Å². The van der Waals surface area contributed by atoms with Crippen molar-refractivity contribution in [3.05, 3.63) is 32.8 Å². The van der Waals surface area contributed by atoms with E-state index in [0.717, 1.165) is 25.3 Å². The first-order chi connectivity index (χ1) is 8.91. The van der Waals surface area contributed by atoms with Gasteiger partial charge >= 0.3 is 5.97 Å². The van der Waals surface area contributed by atoms with E-state index in [9.17, 15) is 20.0 Å². The Morgan fingerprint density at radius 3 is 2.58 bits per heavy atom. The lowest BCUT2D eigenvalue weighted by Gasteiger charge is -2.37. The number of carboxylic acids is 1. The van der Waals surface area contributed by atoms with Crippen LogP contribution in [0.25, 0.3) is 0 Å². The van der Waals surface area contributed by atoms with Crippen molar-refractivity contribution in [2.45, 2.75) is 25.3 Å². The van der Waals surface area contributed by atoms with E-state index in [1.54, 1.807) is 11.9 Å². The molecule has 0 spiro atoms. The summed E-state index contributed by atoms with van der Waals surface area (Å²) in [6.45, 7) is 0. The number of non-ortho nitro benzene ring substituents is 1. The minimum absolute atomic E-state index is 0.0981. The molecule has 0 saturated heterocycles. The number of nitro groups is 1. The third kappa shape index (κ3) is 2.49. The van der Waals surface area contributed by atoms with Crippen LogP contribution in [0.1, 0.15) is 29.6 Å². The van der Waals surface area contributed by atoms with Gasteiger partial charge in [-0.15, -0.1) is 0 Å². The third-order valence-corrected chi connectivity index (χ3v) is 3.75. The Balaban J connectivity index is 2.51. The van der Waals surface area contributed by atoms with Crippen molar-refractivity contribution in [1.29, 1.82) is 0 Å². The summed E-state index contributed by atoms with van der Waals surface area (Å²) in [5.74, 6) is -1.22. The van der Waals surface area contributed by atoms with Crippen molar-refractivity contribution in [2.24, 2.45) is 0 Å². The molecular formula is C12H13ClN2O4. The molecule has 0 heterocycles. The molecule has 1 aromatic carbocycles. The number of halogens is 1. The lowest BCUT2D eigenvalue weighted by atomic mass is 9.91. The van der Waals surface area contributed by atoms with Gasteiger partial charge in [-0.3, -0.25) is 10.1 Å². The molecule has 0 radical (unpaired) electrons. The highest BCUT2D eigenvalue weighted by atomic mass is 35.5. The molecule has 0 bridgehead atoms. The van der Waals surface area contributed by atoms with Crippen molar-refractivity contribution in [3.63, 3.8) is 0 Å². The smallest absolute Gasteiger partial charge is 0.338 e. The van der Waals surface area contributed by atoms with Crippen LogP contribution in [-0.4, -0.2) is 29.1 Å². The summed E-state index contributed by atoms with van der Waals surface area (Å²) < 4.78 is 0. The number of carboxylic acid groups (broad SMARTS) is 1. The number of rotatable bonds is 4. The molecule has 0 atom stereocenters. The molecule has 1 saturated carbocycles. The van der Waals surface area contributed by atoms with E-state index >= 15 is 0 Å². The maximum absolute atomic E-state index is 11.3. The standard InChI is InChI=1S/C12H13ClN2O4/c1-14(7-3-2-4-7)11-9(12(16)17)5-8(15(18)19)6-10(11)13/h5-7H,2-4H2,1H3,(H,16,17). The summed E-state index contributed by atoms with van der Waals surface area (Å²) in [6.07, 6.45) is 3.05. The summed E-state index contributed by atoms with van der Waals surface area (Å²) >= 11 is 6.03. The van der Waals surface area contributed by atoms with Gasteiger partial charge in [0.15, 0.2) is 0 Å². The largest absolute Gasteiger partial charge is 0.478 e. The molecule has 1 N–H and O–H groups in total. The highest BCUT2D eigenvalue weighted by Crippen LogP contribution is 2.37. The van der Waals surface area contributed by atoms with Crippen molar-refractivity contribution in [1.82, 2.24) is 0 Å². The number of nitro benzene ring substituents is 1. The Morgan fingerprint density at radius 2 is 2.16 bits per heavy atom. The first-order valence-corrected chi connectivity index (χ1v) is 6.23. The summed E-state index contributed by atoms with van der Waals surface area (Å²) in [4.78, 5) is 23.2. The Morgan fingerprint density at radius 1 is 1.53 bits per heavy atom. The number of anilines is 1. The lowest BCUT2D eigenvalue weighted by molar-refractivity contribution is -0.384. The van der Waals surface area contributed by atoms with Gasteiger partial charge in [0.05, 0.1) is 21.2 Å². The summed E-state index contributed by atoms with van der Waals surface area (Å²) in [5, 5.41) is 20.1. The first kappa shape index (κ1) is 13.6. The zero-order valence-corrected chi connectivity index (χ0v) is 11.1. The second kappa shape index (κ2) is 5.05. The van der Waals surface area contributed by atoms with Crippen LogP contribution in [0.3, 0.4) is 0 Å². The van der Waals surface area contributed by atoms with Crippen LogP contribution < -0.4 is 4.90 Å². The minimum atomic E-state index is -1.22. The first-order valence-electron chi connectivity index (χ1n) is 5.86. The average molecular weight is 285 g/mol. The highest BCUT2D eigenvalue weighted by molar-refractivity contribution is 6.34. The maximum atomic E-state index is 11.3. The normalized spacial score (nSPS) is 14.8. The zero-order valence-electron chi connectivity index (χ0n) is 10.3. The number of benzene rings is 1. The Bertz CT molecular complexity index is 543. The minimum Gasteiger partial charge on any atom is -0.478 e. The Kier molecular flexibility index (Phi) is 3.61. The molecule has 1 fully saturated rings. The van der Waals surface area contributed by atoms with Crippen LogP contribution in [0.5, 0.6) is 0 Å². The summed E-state index contributed by atoms with van der Waals surface area (Å²) in [7, 11) is 1.77. The van der Waals surface area contributed by atoms with Crippen molar-refractivity contribution < 1.29 is 14.8 Å². The van der Waals surface area contributed by atoms with E-state index in [4.69, 9.17) is 11.6 Å². The molecule has 0 amide bonds. The lowest BCUT2D eigenvalue weighted by Crippen LogP contribution is -2.38.